The first-order valence-corrected chi connectivity index (χ1v) is 8.45. The number of carbonyl (C=O) groups excluding carboxylic acids is 2. The lowest BCUT2D eigenvalue weighted by Crippen LogP contribution is -2.54. The molecule has 2 aromatic rings. The summed E-state index contributed by atoms with van der Waals surface area (Å²) >= 11 is 0. The number of carbonyl (C=O) groups is 2. The molecular weight excluding hydrogens is 346 g/mol. The normalized spacial score (nSPS) is 23.6. The molecule has 1 aromatic heterocycles. The predicted molar refractivity (Wildman–Crippen MR) is 98.8 cm³/mol. The van der Waals surface area contributed by atoms with Crippen LogP contribution in [0.15, 0.2) is 65.6 Å². The maximum absolute atomic E-state index is 12.9. The molecule has 3 amide bonds. The highest BCUT2D eigenvalue weighted by Gasteiger charge is 2.50. The standard InChI is InChI=1S/C19H15N5O3/c1-27-14-5-3-9-23-16(14)22-17-15(18(23)25)21-19(26)24(17)12-6-7-13-11(10-12)4-2-8-20-13/h2-10,15,17H,1H3,(H,21,26). The highest BCUT2D eigenvalue weighted by atomic mass is 16.5. The topological polar surface area (TPSA) is 87.1 Å². The number of pyridine rings is 1. The predicted octanol–water partition coefficient (Wildman–Crippen LogP) is 1.76. The second kappa shape index (κ2) is 5.66. The number of hydrogen-bond acceptors (Lipinski definition) is 5. The van der Waals surface area contributed by atoms with Gasteiger partial charge in [0.15, 0.2) is 23.8 Å². The fourth-order valence-corrected chi connectivity index (χ4v) is 3.57. The molecule has 8 heteroatoms. The molecule has 0 saturated carbocycles. The lowest BCUT2D eigenvalue weighted by Gasteiger charge is -2.34. The van der Waals surface area contributed by atoms with Gasteiger partial charge >= 0.3 is 6.03 Å². The van der Waals surface area contributed by atoms with E-state index in [9.17, 15) is 9.59 Å². The zero-order valence-electron chi connectivity index (χ0n) is 14.4. The fourth-order valence-electron chi connectivity index (χ4n) is 3.57. The minimum Gasteiger partial charge on any atom is -0.493 e. The number of rotatable bonds is 2. The minimum atomic E-state index is -0.758. The van der Waals surface area contributed by atoms with Crippen LogP contribution in [0.4, 0.5) is 10.5 Å². The monoisotopic (exact) mass is 361 g/mol. The molecule has 1 N–H and O–H groups in total. The molecule has 4 heterocycles. The second-order valence-electron chi connectivity index (χ2n) is 6.33. The van der Waals surface area contributed by atoms with Crippen LogP contribution >= 0.6 is 0 Å². The van der Waals surface area contributed by atoms with Crippen molar-refractivity contribution in [1.29, 1.82) is 0 Å². The average Bonchev–Trinajstić information content (AvgIpc) is 3.03. The van der Waals surface area contributed by atoms with Crippen molar-refractivity contribution in [1.82, 2.24) is 15.2 Å². The summed E-state index contributed by atoms with van der Waals surface area (Å²) in [5.41, 5.74) is 1.48. The Morgan fingerprint density at radius 1 is 1.22 bits per heavy atom. The van der Waals surface area contributed by atoms with Crippen molar-refractivity contribution in [2.24, 2.45) is 4.99 Å². The smallest absolute Gasteiger partial charge is 0.324 e. The van der Waals surface area contributed by atoms with E-state index in [1.165, 1.54) is 16.9 Å². The van der Waals surface area contributed by atoms with Gasteiger partial charge < -0.3 is 10.1 Å². The SMILES string of the molecule is COC1=CC=CN2C(=O)C3NC(=O)N(c4ccc5ncccc5c4)C3N=C12. The lowest BCUT2D eigenvalue weighted by molar-refractivity contribution is -0.128. The fraction of sp³-hybridized carbons (Fsp3) is 0.158. The molecule has 3 aliphatic rings. The number of amidine groups is 1. The van der Waals surface area contributed by atoms with E-state index >= 15 is 0 Å². The van der Waals surface area contributed by atoms with Crippen LogP contribution in [0.3, 0.4) is 0 Å². The third kappa shape index (κ3) is 2.23. The summed E-state index contributed by atoms with van der Waals surface area (Å²) < 4.78 is 5.34. The minimum absolute atomic E-state index is 0.248. The number of aliphatic imine (C=N–C) groups is 1. The van der Waals surface area contributed by atoms with E-state index < -0.39 is 12.2 Å². The molecule has 3 aliphatic heterocycles. The first-order chi connectivity index (χ1) is 13.2. The number of nitrogens with one attached hydrogen (secondary N) is 1. The molecule has 0 radical (unpaired) electrons. The second-order valence-corrected chi connectivity index (χ2v) is 6.33. The van der Waals surface area contributed by atoms with E-state index in [1.54, 1.807) is 24.5 Å². The highest BCUT2D eigenvalue weighted by Crippen LogP contribution is 2.31. The largest absolute Gasteiger partial charge is 0.493 e. The molecule has 1 saturated heterocycles. The first kappa shape index (κ1) is 15.6. The number of ether oxygens (including phenoxy) is 1. The molecule has 1 aromatic carbocycles. The summed E-state index contributed by atoms with van der Waals surface area (Å²) in [4.78, 5) is 37.4. The molecule has 0 aliphatic carbocycles. The Bertz CT molecular complexity index is 1070. The van der Waals surface area contributed by atoms with E-state index in [4.69, 9.17) is 4.74 Å². The van der Waals surface area contributed by atoms with Crippen LogP contribution in [-0.2, 0) is 9.53 Å². The number of aromatic nitrogens is 1. The Hall–Kier alpha value is -3.68. The molecule has 1 fully saturated rings. The lowest BCUT2D eigenvalue weighted by atomic mass is 10.1. The molecule has 2 atom stereocenters. The van der Waals surface area contributed by atoms with E-state index in [2.05, 4.69) is 15.3 Å². The van der Waals surface area contributed by atoms with Gasteiger partial charge in [-0.3, -0.25) is 19.6 Å². The Labute approximate surface area is 154 Å². The molecule has 27 heavy (non-hydrogen) atoms. The van der Waals surface area contributed by atoms with Crippen molar-refractivity contribution in [3.8, 4) is 0 Å². The number of amides is 3. The van der Waals surface area contributed by atoms with E-state index in [1.807, 2.05) is 30.3 Å². The number of nitrogens with zero attached hydrogens (tertiary/aromatic N) is 4. The van der Waals surface area contributed by atoms with Gasteiger partial charge in [-0.2, -0.15) is 0 Å². The van der Waals surface area contributed by atoms with Crippen molar-refractivity contribution in [3.63, 3.8) is 0 Å². The van der Waals surface area contributed by atoms with Crippen molar-refractivity contribution >= 4 is 34.4 Å². The van der Waals surface area contributed by atoms with Gasteiger partial charge in [-0.05, 0) is 36.4 Å². The van der Waals surface area contributed by atoms with Crippen LogP contribution < -0.4 is 10.2 Å². The van der Waals surface area contributed by atoms with Crippen LogP contribution in [0.1, 0.15) is 0 Å². The average molecular weight is 361 g/mol. The van der Waals surface area contributed by atoms with Crippen LogP contribution in [-0.4, -0.2) is 47.0 Å². The highest BCUT2D eigenvalue weighted by molar-refractivity contribution is 6.15. The van der Waals surface area contributed by atoms with Gasteiger partial charge in [-0.25, -0.2) is 9.79 Å². The van der Waals surface area contributed by atoms with Gasteiger partial charge in [0, 0.05) is 23.5 Å². The summed E-state index contributed by atoms with van der Waals surface area (Å²) in [5.74, 6) is 0.628. The van der Waals surface area contributed by atoms with Gasteiger partial charge in [0.1, 0.15) is 0 Å². The van der Waals surface area contributed by atoms with Crippen molar-refractivity contribution in [3.05, 3.63) is 60.6 Å². The Kier molecular flexibility index (Phi) is 3.27. The Balaban J connectivity index is 1.61. The maximum Gasteiger partial charge on any atom is 0.324 e. The molecule has 8 nitrogen and oxygen atoms in total. The Morgan fingerprint density at radius 2 is 2.11 bits per heavy atom. The molecule has 2 unspecified atom stereocenters. The number of allylic oxidation sites excluding steroid dienone is 2. The number of hydrogen-bond donors (Lipinski definition) is 1. The van der Waals surface area contributed by atoms with Gasteiger partial charge in [-0.1, -0.05) is 6.07 Å². The van der Waals surface area contributed by atoms with Crippen molar-refractivity contribution in [2.75, 3.05) is 12.0 Å². The number of fused-ring (bicyclic) bond motifs is 3. The van der Waals surface area contributed by atoms with Crippen molar-refractivity contribution < 1.29 is 14.3 Å². The zero-order chi connectivity index (χ0) is 18.5. The number of methoxy groups -OCH3 is 1. The van der Waals surface area contributed by atoms with Gasteiger partial charge in [0.25, 0.3) is 5.91 Å². The van der Waals surface area contributed by atoms with Gasteiger partial charge in [0.2, 0.25) is 0 Å². The number of urea groups is 1. The maximum atomic E-state index is 12.9. The summed E-state index contributed by atoms with van der Waals surface area (Å²) in [5, 5.41) is 3.65. The third-order valence-electron chi connectivity index (χ3n) is 4.83. The Morgan fingerprint density at radius 3 is 2.96 bits per heavy atom. The molecule has 134 valence electrons. The van der Waals surface area contributed by atoms with Gasteiger partial charge in [0.05, 0.1) is 12.6 Å². The third-order valence-corrected chi connectivity index (χ3v) is 4.83. The number of benzene rings is 1. The van der Waals surface area contributed by atoms with Crippen LogP contribution in [0.2, 0.25) is 0 Å². The quantitative estimate of drug-likeness (QED) is 0.883. The van der Waals surface area contributed by atoms with Crippen LogP contribution in [0.5, 0.6) is 0 Å². The summed E-state index contributed by atoms with van der Waals surface area (Å²) in [6.45, 7) is 0. The van der Waals surface area contributed by atoms with Gasteiger partial charge in [-0.15, -0.1) is 0 Å². The molecule has 0 bridgehead atoms. The van der Waals surface area contributed by atoms with Crippen LogP contribution in [0, 0.1) is 0 Å². The zero-order valence-corrected chi connectivity index (χ0v) is 14.4. The molecule has 5 rings (SSSR count). The summed E-state index contributed by atoms with van der Waals surface area (Å²) in [6, 6.07) is 8.17. The van der Waals surface area contributed by atoms with E-state index in [0.717, 1.165) is 10.9 Å². The summed E-state index contributed by atoms with van der Waals surface area (Å²) in [6.07, 6.45) is 6.10. The molecule has 0 spiro atoms. The molecular formula is C19H15N5O3. The van der Waals surface area contributed by atoms with Crippen LogP contribution in [0.25, 0.3) is 10.9 Å². The van der Waals surface area contributed by atoms with Crippen molar-refractivity contribution in [2.45, 2.75) is 12.2 Å². The summed E-state index contributed by atoms with van der Waals surface area (Å²) in [7, 11) is 1.52. The number of anilines is 1. The first-order valence-electron chi connectivity index (χ1n) is 8.45. The van der Waals surface area contributed by atoms with E-state index in [0.29, 0.717) is 17.3 Å². The van der Waals surface area contributed by atoms with E-state index in [-0.39, 0.29) is 11.9 Å².